The largest absolute Gasteiger partial charge is 0.404 e. The van der Waals surface area contributed by atoms with E-state index in [9.17, 15) is 9.59 Å². The van der Waals surface area contributed by atoms with Gasteiger partial charge >= 0.3 is 5.69 Å². The lowest BCUT2D eigenvalue weighted by Crippen LogP contribution is -2.37. The second-order valence-electron chi connectivity index (χ2n) is 5.01. The topological polar surface area (TPSA) is 64.1 Å². The van der Waals surface area contributed by atoms with Crippen molar-refractivity contribution >= 4 is 11.8 Å². The Balaban J connectivity index is 1.95. The summed E-state index contributed by atoms with van der Waals surface area (Å²) in [6.07, 6.45) is 3.84. The van der Waals surface area contributed by atoms with Crippen molar-refractivity contribution in [2.45, 2.75) is 30.4 Å². The summed E-state index contributed by atoms with van der Waals surface area (Å²) in [6, 6.07) is 9.61. The summed E-state index contributed by atoms with van der Waals surface area (Å²) in [4.78, 5) is 32.0. The number of thioether (sulfide) groups is 1. The van der Waals surface area contributed by atoms with Gasteiger partial charge in [0, 0.05) is 0 Å². The molecule has 0 atom stereocenters. The van der Waals surface area contributed by atoms with Gasteiger partial charge in [0.05, 0.1) is 5.56 Å². The van der Waals surface area contributed by atoms with Crippen LogP contribution in [0.5, 0.6) is 0 Å². The van der Waals surface area contributed by atoms with Crippen molar-refractivity contribution in [2.24, 2.45) is 0 Å². The van der Waals surface area contributed by atoms with Gasteiger partial charge in [0.1, 0.15) is 11.6 Å². The Bertz CT molecular complexity index is 748. The molecule has 0 unspecified atom stereocenters. The van der Waals surface area contributed by atoms with Crippen LogP contribution in [0.25, 0.3) is 0 Å². The van der Waals surface area contributed by atoms with E-state index in [1.807, 2.05) is 36.6 Å². The smallest absolute Gasteiger partial charge is 0.362 e. The van der Waals surface area contributed by atoms with Crippen LogP contribution >= 0.6 is 11.8 Å². The Morgan fingerprint density at radius 3 is 2.62 bits per heavy atom. The Hall–Kier alpha value is -1.95. The fourth-order valence-corrected chi connectivity index (χ4v) is 3.05. The van der Waals surface area contributed by atoms with Gasteiger partial charge in [-0.15, -0.1) is 16.5 Å². The summed E-state index contributed by atoms with van der Waals surface area (Å²) < 4.78 is 1.21. The van der Waals surface area contributed by atoms with Gasteiger partial charge < -0.3 is 4.84 Å². The first-order chi connectivity index (χ1) is 10.2. The molecule has 1 fully saturated rings. The van der Waals surface area contributed by atoms with E-state index in [0.29, 0.717) is 10.6 Å². The normalized spacial score (nSPS) is 14.1. The van der Waals surface area contributed by atoms with Crippen molar-refractivity contribution in [3.8, 4) is 0 Å². The number of hydrogen-bond acceptors (Lipinski definition) is 4. The lowest BCUT2D eigenvalue weighted by atomic mass is 10.2. The summed E-state index contributed by atoms with van der Waals surface area (Å²) in [5.74, 6) is 0.253. The molecule has 6 heteroatoms. The SMILES string of the molecule is CSc1c(C2CC2)c(=O)[nH]c(=O)n1OCc1ccccc1. The van der Waals surface area contributed by atoms with E-state index in [1.54, 1.807) is 0 Å². The maximum atomic E-state index is 12.0. The molecule has 2 aromatic rings. The summed E-state index contributed by atoms with van der Waals surface area (Å²) >= 11 is 1.37. The summed E-state index contributed by atoms with van der Waals surface area (Å²) in [5.41, 5.74) is 0.835. The van der Waals surface area contributed by atoms with Crippen molar-refractivity contribution in [1.29, 1.82) is 0 Å². The molecule has 1 heterocycles. The number of H-pyrrole nitrogens is 1. The van der Waals surface area contributed by atoms with Crippen molar-refractivity contribution in [2.75, 3.05) is 6.26 Å². The average molecular weight is 304 g/mol. The maximum absolute atomic E-state index is 12.0. The Kier molecular flexibility index (Phi) is 3.88. The quantitative estimate of drug-likeness (QED) is 0.675. The van der Waals surface area contributed by atoms with Crippen molar-refractivity contribution in [3.05, 3.63) is 62.3 Å². The van der Waals surface area contributed by atoms with E-state index in [-0.39, 0.29) is 18.1 Å². The molecule has 0 saturated heterocycles. The number of hydrogen-bond donors (Lipinski definition) is 1. The Labute approximate surface area is 125 Å². The second-order valence-corrected chi connectivity index (χ2v) is 5.80. The van der Waals surface area contributed by atoms with E-state index < -0.39 is 5.69 Å². The van der Waals surface area contributed by atoms with Crippen LogP contribution in [0.1, 0.15) is 29.9 Å². The molecule has 0 spiro atoms. The maximum Gasteiger partial charge on any atom is 0.362 e. The lowest BCUT2D eigenvalue weighted by molar-refractivity contribution is 0.0663. The average Bonchev–Trinajstić information content (AvgIpc) is 3.31. The second kappa shape index (κ2) is 5.81. The predicted octanol–water partition coefficient (Wildman–Crippen LogP) is 1.76. The first-order valence-electron chi connectivity index (χ1n) is 6.81. The molecule has 1 aromatic heterocycles. The highest BCUT2D eigenvalue weighted by atomic mass is 32.2. The van der Waals surface area contributed by atoms with Gasteiger partial charge in [-0.3, -0.25) is 9.78 Å². The molecule has 5 nitrogen and oxygen atoms in total. The van der Waals surface area contributed by atoms with Crippen LogP contribution < -0.4 is 16.1 Å². The van der Waals surface area contributed by atoms with Gasteiger partial charge in [-0.2, -0.15) is 0 Å². The fourth-order valence-electron chi connectivity index (χ4n) is 2.27. The molecular weight excluding hydrogens is 288 g/mol. The molecule has 1 aliphatic carbocycles. The van der Waals surface area contributed by atoms with Gasteiger partial charge in [0.25, 0.3) is 5.56 Å². The van der Waals surface area contributed by atoms with E-state index >= 15 is 0 Å². The van der Waals surface area contributed by atoms with Crippen LogP contribution in [0.4, 0.5) is 0 Å². The van der Waals surface area contributed by atoms with Crippen LogP contribution in [0.3, 0.4) is 0 Å². The molecular formula is C15H16N2O3S. The zero-order valence-electron chi connectivity index (χ0n) is 11.7. The molecule has 1 saturated carbocycles. The number of nitrogens with one attached hydrogen (secondary N) is 1. The molecule has 110 valence electrons. The molecule has 1 N–H and O–H groups in total. The highest BCUT2D eigenvalue weighted by molar-refractivity contribution is 7.98. The van der Waals surface area contributed by atoms with Crippen LogP contribution in [-0.2, 0) is 6.61 Å². The highest BCUT2D eigenvalue weighted by Crippen LogP contribution is 2.41. The van der Waals surface area contributed by atoms with Crippen LogP contribution in [-0.4, -0.2) is 16.0 Å². The van der Waals surface area contributed by atoms with Crippen LogP contribution in [0.15, 0.2) is 44.9 Å². The minimum atomic E-state index is -0.523. The lowest BCUT2D eigenvalue weighted by Gasteiger charge is -2.14. The monoisotopic (exact) mass is 304 g/mol. The zero-order chi connectivity index (χ0) is 14.8. The molecule has 3 rings (SSSR count). The van der Waals surface area contributed by atoms with E-state index in [2.05, 4.69) is 4.98 Å². The summed E-state index contributed by atoms with van der Waals surface area (Å²) in [6.45, 7) is 0.282. The Morgan fingerprint density at radius 1 is 1.29 bits per heavy atom. The highest BCUT2D eigenvalue weighted by Gasteiger charge is 2.31. The molecule has 0 amide bonds. The first kappa shape index (κ1) is 14.0. The molecule has 0 radical (unpaired) electrons. The van der Waals surface area contributed by atoms with Gasteiger partial charge in [0.15, 0.2) is 0 Å². The van der Waals surface area contributed by atoms with E-state index in [1.165, 1.54) is 16.5 Å². The van der Waals surface area contributed by atoms with Crippen molar-refractivity contribution in [1.82, 2.24) is 9.71 Å². The van der Waals surface area contributed by atoms with E-state index in [4.69, 9.17) is 4.84 Å². The summed E-state index contributed by atoms with van der Waals surface area (Å²) in [5, 5.41) is 0.613. The van der Waals surface area contributed by atoms with E-state index in [0.717, 1.165) is 18.4 Å². The molecule has 0 bridgehead atoms. The van der Waals surface area contributed by atoms with Crippen molar-refractivity contribution < 1.29 is 4.84 Å². The first-order valence-corrected chi connectivity index (χ1v) is 8.03. The van der Waals surface area contributed by atoms with Gasteiger partial charge in [0.2, 0.25) is 0 Å². The van der Waals surface area contributed by atoms with Gasteiger partial charge in [-0.05, 0) is 30.6 Å². The summed E-state index contributed by atoms with van der Waals surface area (Å²) in [7, 11) is 0. The number of benzene rings is 1. The number of aromatic amines is 1. The van der Waals surface area contributed by atoms with Crippen LogP contribution in [0.2, 0.25) is 0 Å². The number of rotatable bonds is 5. The van der Waals surface area contributed by atoms with Crippen molar-refractivity contribution in [3.63, 3.8) is 0 Å². The third kappa shape index (κ3) is 2.90. The zero-order valence-corrected chi connectivity index (χ0v) is 12.5. The van der Waals surface area contributed by atoms with Gasteiger partial charge in [-0.25, -0.2) is 4.79 Å². The molecule has 1 aromatic carbocycles. The standard InChI is InChI=1S/C15H16N2O3S/c1-21-14-12(11-7-8-11)13(18)16-15(19)17(14)20-9-10-5-3-2-4-6-10/h2-6,11H,7-9H2,1H3,(H,16,18,19). The molecule has 1 aliphatic rings. The Morgan fingerprint density at radius 2 is 2.00 bits per heavy atom. The fraction of sp³-hybridized carbons (Fsp3) is 0.333. The molecule has 0 aliphatic heterocycles. The minimum Gasteiger partial charge on any atom is -0.404 e. The number of aromatic nitrogens is 2. The molecule has 21 heavy (non-hydrogen) atoms. The van der Waals surface area contributed by atoms with Crippen LogP contribution in [0, 0.1) is 0 Å². The number of nitrogens with zero attached hydrogens (tertiary/aromatic N) is 1. The van der Waals surface area contributed by atoms with Gasteiger partial charge in [-0.1, -0.05) is 30.3 Å². The minimum absolute atomic E-state index is 0.253. The third-order valence-electron chi connectivity index (χ3n) is 3.45. The third-order valence-corrected chi connectivity index (χ3v) is 4.22. The predicted molar refractivity (Wildman–Crippen MR) is 81.8 cm³/mol.